The molecule has 1 heterocycles. The fraction of sp³-hybridized carbons (Fsp3) is 0.682. The molecule has 29 heavy (non-hydrogen) atoms. The van der Waals surface area contributed by atoms with Crippen LogP contribution in [0.5, 0.6) is 11.5 Å². The van der Waals surface area contributed by atoms with Crippen molar-refractivity contribution in [2.24, 2.45) is 4.99 Å². The van der Waals surface area contributed by atoms with Gasteiger partial charge in [0.2, 0.25) is 0 Å². The maximum absolute atomic E-state index is 5.55. The number of hydrogen-bond donors (Lipinski definition) is 1. The van der Waals surface area contributed by atoms with Crippen molar-refractivity contribution in [2.45, 2.75) is 33.4 Å². The van der Waals surface area contributed by atoms with Crippen molar-refractivity contribution in [1.29, 1.82) is 0 Å². The summed E-state index contributed by atoms with van der Waals surface area (Å²) in [4.78, 5) is 12.1. The first-order valence-corrected chi connectivity index (χ1v) is 10.7. The summed E-state index contributed by atoms with van der Waals surface area (Å²) >= 11 is 0. The van der Waals surface area contributed by atoms with Crippen molar-refractivity contribution in [2.75, 3.05) is 67.1 Å². The second-order valence-corrected chi connectivity index (χ2v) is 7.55. The molecular weight excluding hydrogens is 366 g/mol. The Balaban J connectivity index is 2.00. The summed E-state index contributed by atoms with van der Waals surface area (Å²) in [7, 11) is 5.42. The van der Waals surface area contributed by atoms with Gasteiger partial charge in [0, 0.05) is 64.0 Å². The lowest BCUT2D eigenvalue weighted by Crippen LogP contribution is -2.50. The van der Waals surface area contributed by atoms with Gasteiger partial charge in [-0.3, -0.25) is 9.89 Å². The highest BCUT2D eigenvalue weighted by molar-refractivity contribution is 5.79. The summed E-state index contributed by atoms with van der Waals surface area (Å²) in [6.45, 7) is 14.7. The first kappa shape index (κ1) is 23.3. The van der Waals surface area contributed by atoms with E-state index in [1.807, 2.05) is 18.2 Å². The minimum absolute atomic E-state index is 0.437. The van der Waals surface area contributed by atoms with Crippen LogP contribution in [0.1, 0.15) is 26.3 Å². The molecule has 1 aliphatic rings. The van der Waals surface area contributed by atoms with E-state index < -0.39 is 0 Å². The Labute approximate surface area is 176 Å². The Hall–Kier alpha value is -1.99. The van der Waals surface area contributed by atoms with Crippen LogP contribution < -0.4 is 14.8 Å². The minimum atomic E-state index is 0.437. The summed E-state index contributed by atoms with van der Waals surface area (Å²) in [6, 6.07) is 6.37. The van der Waals surface area contributed by atoms with Gasteiger partial charge < -0.3 is 24.6 Å². The Bertz CT molecular complexity index is 644. The van der Waals surface area contributed by atoms with Crippen LogP contribution in [0.4, 0.5) is 0 Å². The Morgan fingerprint density at radius 3 is 2.48 bits per heavy atom. The highest BCUT2D eigenvalue weighted by atomic mass is 16.5. The molecule has 2 rings (SSSR count). The predicted octanol–water partition coefficient (Wildman–Crippen LogP) is 2.13. The van der Waals surface area contributed by atoms with Crippen LogP contribution >= 0.6 is 0 Å². The Morgan fingerprint density at radius 2 is 1.90 bits per heavy atom. The molecule has 1 N–H and O–H groups in total. The van der Waals surface area contributed by atoms with Crippen molar-refractivity contribution in [1.82, 2.24) is 20.0 Å². The third-order valence-electron chi connectivity index (χ3n) is 5.58. The SMILES string of the molecule is CCNC(=NCC(C)N1CCN(CC)CC1)N(C)Cc1ccc(OC)cc1OC. The molecule has 0 aliphatic carbocycles. The fourth-order valence-electron chi connectivity index (χ4n) is 3.64. The quantitative estimate of drug-likeness (QED) is 0.502. The van der Waals surface area contributed by atoms with Crippen LogP contribution in [0.2, 0.25) is 0 Å². The van der Waals surface area contributed by atoms with Gasteiger partial charge in [-0.2, -0.15) is 0 Å². The Morgan fingerprint density at radius 1 is 1.17 bits per heavy atom. The number of nitrogens with one attached hydrogen (secondary N) is 1. The molecule has 1 atom stereocenters. The smallest absolute Gasteiger partial charge is 0.194 e. The zero-order chi connectivity index (χ0) is 21.2. The number of piperazine rings is 1. The van der Waals surface area contributed by atoms with Gasteiger partial charge >= 0.3 is 0 Å². The first-order chi connectivity index (χ1) is 14.0. The fourth-order valence-corrected chi connectivity index (χ4v) is 3.64. The Kier molecular flexibility index (Phi) is 9.54. The average Bonchev–Trinajstić information content (AvgIpc) is 2.76. The summed E-state index contributed by atoms with van der Waals surface area (Å²) < 4.78 is 10.8. The number of guanidine groups is 1. The minimum Gasteiger partial charge on any atom is -0.497 e. The zero-order valence-corrected chi connectivity index (χ0v) is 19.1. The highest BCUT2D eigenvalue weighted by Gasteiger charge is 2.20. The molecule has 164 valence electrons. The monoisotopic (exact) mass is 405 g/mol. The van der Waals surface area contributed by atoms with E-state index in [0.717, 1.165) is 68.8 Å². The van der Waals surface area contributed by atoms with Crippen molar-refractivity contribution in [3.63, 3.8) is 0 Å². The predicted molar refractivity (Wildman–Crippen MR) is 120 cm³/mol. The molecule has 0 bridgehead atoms. The number of methoxy groups -OCH3 is 2. The van der Waals surface area contributed by atoms with Crippen LogP contribution in [-0.2, 0) is 6.54 Å². The molecule has 0 saturated carbocycles. The molecule has 1 aliphatic heterocycles. The number of aliphatic imine (C=N–C) groups is 1. The van der Waals surface area contributed by atoms with E-state index in [4.69, 9.17) is 14.5 Å². The molecule has 0 spiro atoms. The highest BCUT2D eigenvalue weighted by Crippen LogP contribution is 2.25. The van der Waals surface area contributed by atoms with Crippen LogP contribution in [0.3, 0.4) is 0 Å². The molecule has 1 aromatic carbocycles. The lowest BCUT2D eigenvalue weighted by molar-refractivity contribution is 0.109. The zero-order valence-electron chi connectivity index (χ0n) is 19.1. The lowest BCUT2D eigenvalue weighted by atomic mass is 10.2. The van der Waals surface area contributed by atoms with Crippen molar-refractivity contribution >= 4 is 5.96 Å². The van der Waals surface area contributed by atoms with Crippen LogP contribution in [0, 0.1) is 0 Å². The second-order valence-electron chi connectivity index (χ2n) is 7.55. The van der Waals surface area contributed by atoms with Crippen LogP contribution in [0.25, 0.3) is 0 Å². The van der Waals surface area contributed by atoms with Crippen LogP contribution in [0.15, 0.2) is 23.2 Å². The van der Waals surface area contributed by atoms with E-state index in [9.17, 15) is 0 Å². The standard InChI is InChI=1S/C22H39N5O2/c1-7-23-22(24-16-18(3)27-13-11-26(8-2)12-14-27)25(4)17-19-9-10-20(28-5)15-21(19)29-6/h9-10,15,18H,7-8,11-14,16-17H2,1-6H3,(H,23,24). The van der Waals surface area contributed by atoms with Gasteiger partial charge in [-0.1, -0.05) is 6.92 Å². The number of hydrogen-bond acceptors (Lipinski definition) is 5. The maximum atomic E-state index is 5.55. The van der Waals surface area contributed by atoms with Crippen molar-refractivity contribution < 1.29 is 9.47 Å². The molecule has 0 aromatic heterocycles. The normalized spacial score (nSPS) is 17.1. The van der Waals surface area contributed by atoms with Gasteiger partial charge in [-0.25, -0.2) is 0 Å². The van der Waals surface area contributed by atoms with Gasteiger partial charge in [0.1, 0.15) is 11.5 Å². The van der Waals surface area contributed by atoms with Crippen molar-refractivity contribution in [3.8, 4) is 11.5 Å². The first-order valence-electron chi connectivity index (χ1n) is 10.7. The van der Waals surface area contributed by atoms with E-state index >= 15 is 0 Å². The number of rotatable bonds is 9. The van der Waals surface area contributed by atoms with Gasteiger partial charge in [0.25, 0.3) is 0 Å². The molecule has 1 fully saturated rings. The van der Waals surface area contributed by atoms with E-state index in [-0.39, 0.29) is 0 Å². The van der Waals surface area contributed by atoms with Gasteiger partial charge in [0.05, 0.1) is 20.8 Å². The molecular formula is C22H39N5O2. The number of likely N-dealkylation sites (N-methyl/N-ethyl adjacent to an activating group) is 1. The summed E-state index contributed by atoms with van der Waals surface area (Å²) in [5, 5.41) is 3.42. The number of benzene rings is 1. The van der Waals surface area contributed by atoms with Crippen molar-refractivity contribution in [3.05, 3.63) is 23.8 Å². The van der Waals surface area contributed by atoms with Gasteiger partial charge in [-0.05, 0) is 32.5 Å². The molecule has 1 saturated heterocycles. The largest absolute Gasteiger partial charge is 0.497 e. The molecule has 1 aromatic rings. The van der Waals surface area contributed by atoms with Gasteiger partial charge in [0.15, 0.2) is 5.96 Å². The average molecular weight is 406 g/mol. The lowest BCUT2D eigenvalue weighted by Gasteiger charge is -2.37. The third kappa shape index (κ3) is 6.78. The third-order valence-corrected chi connectivity index (χ3v) is 5.58. The van der Waals surface area contributed by atoms with E-state index in [1.54, 1.807) is 14.2 Å². The number of ether oxygens (including phenoxy) is 2. The summed E-state index contributed by atoms with van der Waals surface area (Å²) in [6.07, 6.45) is 0. The molecule has 0 radical (unpaired) electrons. The topological polar surface area (TPSA) is 52.6 Å². The van der Waals surface area contributed by atoms with E-state index in [1.165, 1.54) is 0 Å². The summed E-state index contributed by atoms with van der Waals surface area (Å²) in [5.41, 5.74) is 1.10. The van der Waals surface area contributed by atoms with Gasteiger partial charge in [-0.15, -0.1) is 0 Å². The molecule has 7 heteroatoms. The summed E-state index contributed by atoms with van der Waals surface area (Å²) in [5.74, 6) is 2.55. The van der Waals surface area contributed by atoms with E-state index in [0.29, 0.717) is 12.6 Å². The van der Waals surface area contributed by atoms with E-state index in [2.05, 4.69) is 47.8 Å². The molecule has 1 unspecified atom stereocenters. The number of nitrogens with zero attached hydrogens (tertiary/aromatic N) is 4. The maximum Gasteiger partial charge on any atom is 0.194 e. The second kappa shape index (κ2) is 11.9. The molecule has 7 nitrogen and oxygen atoms in total. The van der Waals surface area contributed by atoms with Crippen LogP contribution in [-0.4, -0.2) is 93.8 Å². The molecule has 0 amide bonds.